The first-order chi connectivity index (χ1) is 17.7. The summed E-state index contributed by atoms with van der Waals surface area (Å²) in [5.74, 6) is -0.400. The van der Waals surface area contributed by atoms with E-state index in [4.69, 9.17) is 0 Å². The summed E-state index contributed by atoms with van der Waals surface area (Å²) in [4.78, 5) is 32.3. The van der Waals surface area contributed by atoms with Crippen molar-refractivity contribution in [2.45, 2.75) is 44.6 Å². The van der Waals surface area contributed by atoms with Crippen molar-refractivity contribution in [1.82, 2.24) is 23.9 Å². The number of aryl methyl sites for hydroxylation is 1. The maximum absolute atomic E-state index is 13.8. The molecule has 0 spiro atoms. The molecule has 11 heteroatoms. The van der Waals surface area contributed by atoms with Crippen LogP contribution in [0.1, 0.15) is 29.8 Å². The van der Waals surface area contributed by atoms with E-state index in [1.165, 1.54) is 8.99 Å². The van der Waals surface area contributed by atoms with Crippen LogP contribution in [0.5, 0.6) is 0 Å². The van der Waals surface area contributed by atoms with Crippen molar-refractivity contribution in [3.8, 4) is 0 Å². The second-order valence-electron chi connectivity index (χ2n) is 10.4. The number of likely N-dealkylation sites (N-methyl/N-ethyl adjacent to an activating group) is 1. The molecule has 4 heterocycles. The molecule has 3 aliphatic heterocycles. The molecule has 3 aliphatic rings. The number of benzene rings is 1. The Bertz CT molecular complexity index is 1300. The molecule has 0 N–H and O–H groups in total. The second-order valence-corrected chi connectivity index (χ2v) is 12.3. The number of carbonyl (C=O) groups is 2. The number of fused-ring (bicyclic) bond motifs is 1. The predicted molar refractivity (Wildman–Crippen MR) is 140 cm³/mol. The van der Waals surface area contributed by atoms with E-state index in [0.29, 0.717) is 50.4 Å². The molecule has 0 saturated carbocycles. The average molecular weight is 529 g/mol. The lowest BCUT2D eigenvalue weighted by Gasteiger charge is -2.37. The van der Waals surface area contributed by atoms with Gasteiger partial charge in [-0.1, -0.05) is 18.2 Å². The maximum Gasteiger partial charge on any atom is 0.248 e. The molecule has 1 aromatic heterocycles. The Morgan fingerprint density at radius 2 is 1.76 bits per heavy atom. The first kappa shape index (κ1) is 25.9. The van der Waals surface area contributed by atoms with Crippen LogP contribution in [0.15, 0.2) is 29.2 Å². The molecular formula is C26H36N6O4S. The number of piperidine rings is 1. The highest BCUT2D eigenvalue weighted by molar-refractivity contribution is 7.89. The molecule has 1 aromatic carbocycles. The van der Waals surface area contributed by atoms with Crippen LogP contribution in [-0.2, 0) is 32.6 Å². The van der Waals surface area contributed by atoms with Gasteiger partial charge in [-0.3, -0.25) is 14.3 Å². The van der Waals surface area contributed by atoms with Gasteiger partial charge in [-0.05, 0) is 51.8 Å². The fourth-order valence-electron chi connectivity index (χ4n) is 5.79. The minimum Gasteiger partial charge on any atom is -0.340 e. The molecule has 10 nitrogen and oxygen atoms in total. The van der Waals surface area contributed by atoms with Crippen LogP contribution in [-0.4, -0.2) is 97.0 Å². The Kier molecular flexibility index (Phi) is 7.12. The molecule has 2 saturated heterocycles. The third kappa shape index (κ3) is 4.92. The fourth-order valence-corrected chi connectivity index (χ4v) is 7.69. The maximum atomic E-state index is 13.8. The normalized spacial score (nSPS) is 21.3. The summed E-state index contributed by atoms with van der Waals surface area (Å²) in [5.41, 5.74) is 2.87. The molecule has 0 aliphatic carbocycles. The number of rotatable bonds is 5. The number of hydrogen-bond donors (Lipinski definition) is 0. The van der Waals surface area contributed by atoms with E-state index in [1.54, 1.807) is 18.7 Å². The second kappa shape index (κ2) is 10.2. The molecule has 2 amide bonds. The minimum atomic E-state index is -3.87. The molecule has 200 valence electrons. The van der Waals surface area contributed by atoms with E-state index >= 15 is 0 Å². The summed E-state index contributed by atoms with van der Waals surface area (Å²) in [7, 11) is -1.82. The van der Waals surface area contributed by atoms with Gasteiger partial charge in [0.15, 0.2) is 0 Å². The lowest BCUT2D eigenvalue weighted by atomic mass is 9.98. The molecule has 37 heavy (non-hydrogen) atoms. The van der Waals surface area contributed by atoms with Gasteiger partial charge in [-0.2, -0.15) is 9.40 Å². The van der Waals surface area contributed by atoms with Crippen molar-refractivity contribution in [2.24, 2.45) is 5.92 Å². The third-order valence-electron chi connectivity index (χ3n) is 7.93. The molecule has 0 unspecified atom stereocenters. The quantitative estimate of drug-likeness (QED) is 0.580. The highest BCUT2D eigenvalue weighted by atomic mass is 32.2. The number of anilines is 1. The van der Waals surface area contributed by atoms with Gasteiger partial charge in [0, 0.05) is 51.5 Å². The Morgan fingerprint density at radius 3 is 2.51 bits per heavy atom. The van der Waals surface area contributed by atoms with Crippen molar-refractivity contribution < 1.29 is 18.0 Å². The van der Waals surface area contributed by atoms with Gasteiger partial charge in [-0.25, -0.2) is 8.42 Å². The number of piperazine rings is 1. The fraction of sp³-hybridized carbons (Fsp3) is 0.577. The van der Waals surface area contributed by atoms with Crippen LogP contribution >= 0.6 is 0 Å². The highest BCUT2D eigenvalue weighted by Gasteiger charge is 2.38. The van der Waals surface area contributed by atoms with Crippen LogP contribution in [0.3, 0.4) is 0 Å². The summed E-state index contributed by atoms with van der Waals surface area (Å²) in [6, 6.07) is 7.85. The van der Waals surface area contributed by atoms with Gasteiger partial charge in [0.2, 0.25) is 21.8 Å². The Labute approximate surface area is 218 Å². The van der Waals surface area contributed by atoms with Gasteiger partial charge in [0.05, 0.1) is 17.3 Å². The summed E-state index contributed by atoms with van der Waals surface area (Å²) >= 11 is 0. The largest absolute Gasteiger partial charge is 0.340 e. The van der Waals surface area contributed by atoms with Crippen molar-refractivity contribution in [1.29, 1.82) is 0 Å². The van der Waals surface area contributed by atoms with Crippen LogP contribution in [0.2, 0.25) is 0 Å². The van der Waals surface area contributed by atoms with Gasteiger partial charge >= 0.3 is 0 Å². The smallest absolute Gasteiger partial charge is 0.248 e. The van der Waals surface area contributed by atoms with Gasteiger partial charge < -0.3 is 14.7 Å². The number of aromatic nitrogens is 2. The zero-order valence-electron chi connectivity index (χ0n) is 21.9. The van der Waals surface area contributed by atoms with Crippen LogP contribution in [0.25, 0.3) is 0 Å². The summed E-state index contributed by atoms with van der Waals surface area (Å²) in [5, 5.41) is 4.46. The number of para-hydroxylation sites is 1. The summed E-state index contributed by atoms with van der Waals surface area (Å²) in [6.45, 7) is 7.54. The first-order valence-electron chi connectivity index (χ1n) is 13.1. The van der Waals surface area contributed by atoms with E-state index in [2.05, 4.69) is 10.00 Å². The molecule has 2 fully saturated rings. The van der Waals surface area contributed by atoms with Crippen LogP contribution < -0.4 is 4.90 Å². The summed E-state index contributed by atoms with van der Waals surface area (Å²) < 4.78 is 30.5. The minimum absolute atomic E-state index is 0.0267. The number of nitrogens with zero attached hydrogens (tertiary/aromatic N) is 6. The zero-order chi connectivity index (χ0) is 26.3. The highest BCUT2D eigenvalue weighted by Crippen LogP contribution is 2.30. The van der Waals surface area contributed by atoms with E-state index in [0.717, 1.165) is 30.8 Å². The molecule has 5 rings (SSSR count). The van der Waals surface area contributed by atoms with E-state index in [-0.39, 0.29) is 35.7 Å². The molecular weight excluding hydrogens is 492 g/mol. The monoisotopic (exact) mass is 528 g/mol. The van der Waals surface area contributed by atoms with Gasteiger partial charge in [-0.15, -0.1) is 0 Å². The molecule has 2 aromatic rings. The van der Waals surface area contributed by atoms with Crippen molar-refractivity contribution >= 4 is 27.5 Å². The number of sulfonamides is 1. The van der Waals surface area contributed by atoms with Crippen LogP contribution in [0, 0.1) is 19.8 Å². The average Bonchev–Trinajstić information content (AvgIpc) is 3.44. The van der Waals surface area contributed by atoms with E-state index < -0.39 is 10.0 Å². The Morgan fingerprint density at radius 1 is 1.03 bits per heavy atom. The zero-order valence-corrected chi connectivity index (χ0v) is 22.7. The van der Waals surface area contributed by atoms with E-state index in [1.807, 2.05) is 36.2 Å². The van der Waals surface area contributed by atoms with Crippen molar-refractivity contribution in [2.75, 3.05) is 57.8 Å². The number of amides is 2. The summed E-state index contributed by atoms with van der Waals surface area (Å²) in [6.07, 6.45) is 2.14. The van der Waals surface area contributed by atoms with E-state index in [9.17, 15) is 18.0 Å². The standard InChI is InChI=1S/C26H36N6O4S/c1-19-25(20(2)32(27-19)18-24(33)31-12-10-21-7-4-5-9-23(21)31)37(35,36)30-11-6-8-22(17-30)26(34)29-15-13-28(3)14-16-29/h4-5,7,9,22H,6,8,10-18H2,1-3H3/t22-/m0/s1. The van der Waals surface area contributed by atoms with Crippen molar-refractivity contribution in [3.05, 3.63) is 41.2 Å². The molecule has 1 atom stereocenters. The third-order valence-corrected chi connectivity index (χ3v) is 10.1. The number of carbonyl (C=O) groups excluding carboxylic acids is 2. The number of hydrogen-bond acceptors (Lipinski definition) is 6. The Hall–Kier alpha value is -2.76. The van der Waals surface area contributed by atoms with Crippen molar-refractivity contribution in [3.63, 3.8) is 0 Å². The SMILES string of the molecule is Cc1nn(CC(=O)N2CCc3ccccc32)c(C)c1S(=O)(=O)N1CCC[C@H](C(=O)N2CCN(C)CC2)C1. The van der Waals surface area contributed by atoms with Gasteiger partial charge in [0.25, 0.3) is 0 Å². The van der Waals surface area contributed by atoms with Crippen LogP contribution in [0.4, 0.5) is 5.69 Å². The topological polar surface area (TPSA) is 99.1 Å². The van der Waals surface area contributed by atoms with Gasteiger partial charge in [0.1, 0.15) is 11.4 Å². The lowest BCUT2D eigenvalue weighted by molar-refractivity contribution is -0.138. The molecule has 0 radical (unpaired) electrons. The Balaban J connectivity index is 1.31. The first-order valence-corrected chi connectivity index (χ1v) is 14.5. The lowest BCUT2D eigenvalue weighted by Crippen LogP contribution is -2.52. The predicted octanol–water partition coefficient (Wildman–Crippen LogP) is 1.26. The molecule has 0 bridgehead atoms.